The van der Waals surface area contributed by atoms with E-state index >= 15 is 0 Å². The van der Waals surface area contributed by atoms with Crippen molar-refractivity contribution in [2.24, 2.45) is 5.41 Å². The monoisotopic (exact) mass is 193 g/mol. The minimum absolute atomic E-state index is 0.355. The van der Waals surface area contributed by atoms with E-state index in [4.69, 9.17) is 0 Å². The Balaban J connectivity index is 2.15. The Labute approximate surface area is 85.8 Å². The molecule has 14 heavy (non-hydrogen) atoms. The SMILES string of the molecule is C=CC[C@]12CCCNC1CC(=O)CC2. The minimum atomic E-state index is 0.355. The lowest BCUT2D eigenvalue weighted by Gasteiger charge is -2.47. The van der Waals surface area contributed by atoms with E-state index < -0.39 is 0 Å². The molecular formula is C12H19NO. The highest BCUT2D eigenvalue weighted by Crippen LogP contribution is 2.44. The van der Waals surface area contributed by atoms with E-state index in [1.807, 2.05) is 6.08 Å². The largest absolute Gasteiger partial charge is 0.313 e. The molecule has 2 fully saturated rings. The first-order valence-electron chi connectivity index (χ1n) is 5.63. The molecule has 0 aromatic carbocycles. The van der Waals surface area contributed by atoms with Crippen LogP contribution in [-0.4, -0.2) is 18.4 Å². The zero-order chi connectivity index (χ0) is 10.0. The van der Waals surface area contributed by atoms with Gasteiger partial charge in [-0.1, -0.05) is 6.08 Å². The Morgan fingerprint density at radius 3 is 3.21 bits per heavy atom. The fraction of sp³-hybridized carbons (Fsp3) is 0.750. The summed E-state index contributed by atoms with van der Waals surface area (Å²) < 4.78 is 0. The van der Waals surface area contributed by atoms with E-state index in [0.29, 0.717) is 17.2 Å². The van der Waals surface area contributed by atoms with Gasteiger partial charge in [0, 0.05) is 18.9 Å². The maximum atomic E-state index is 11.4. The molecule has 2 aliphatic rings. The second kappa shape index (κ2) is 3.85. The van der Waals surface area contributed by atoms with Gasteiger partial charge in [-0.2, -0.15) is 0 Å². The first-order chi connectivity index (χ1) is 6.77. The van der Waals surface area contributed by atoms with E-state index in [2.05, 4.69) is 11.9 Å². The summed E-state index contributed by atoms with van der Waals surface area (Å²) in [4.78, 5) is 11.4. The van der Waals surface area contributed by atoms with Gasteiger partial charge in [0.1, 0.15) is 5.78 Å². The number of piperidine rings is 1. The molecule has 0 bridgehead atoms. The van der Waals surface area contributed by atoms with E-state index in [9.17, 15) is 4.79 Å². The zero-order valence-electron chi connectivity index (χ0n) is 8.72. The van der Waals surface area contributed by atoms with Crippen LogP contribution >= 0.6 is 0 Å². The summed E-state index contributed by atoms with van der Waals surface area (Å²) in [6.45, 7) is 4.93. The number of nitrogens with one attached hydrogen (secondary N) is 1. The molecule has 0 spiro atoms. The molecule has 1 heterocycles. The third-order valence-corrected chi connectivity index (χ3v) is 3.87. The van der Waals surface area contributed by atoms with Gasteiger partial charge < -0.3 is 5.32 Å². The number of ketones is 1. The predicted octanol–water partition coefficient (Wildman–Crippen LogP) is 2.05. The van der Waals surface area contributed by atoms with Crippen molar-refractivity contribution >= 4 is 5.78 Å². The van der Waals surface area contributed by atoms with Crippen LogP contribution in [-0.2, 0) is 4.79 Å². The number of fused-ring (bicyclic) bond motifs is 1. The molecule has 1 aliphatic carbocycles. The summed E-state index contributed by atoms with van der Waals surface area (Å²) >= 11 is 0. The first kappa shape index (κ1) is 9.91. The smallest absolute Gasteiger partial charge is 0.134 e. The van der Waals surface area contributed by atoms with Crippen LogP contribution in [0.2, 0.25) is 0 Å². The molecule has 1 aliphatic heterocycles. The van der Waals surface area contributed by atoms with Crippen molar-refractivity contribution in [1.82, 2.24) is 5.32 Å². The quantitative estimate of drug-likeness (QED) is 0.680. The van der Waals surface area contributed by atoms with Gasteiger partial charge >= 0.3 is 0 Å². The molecule has 0 radical (unpaired) electrons. The number of carbonyl (C=O) groups is 1. The molecule has 1 saturated carbocycles. The van der Waals surface area contributed by atoms with Crippen LogP contribution in [0.3, 0.4) is 0 Å². The maximum absolute atomic E-state index is 11.4. The highest BCUT2D eigenvalue weighted by Gasteiger charge is 2.43. The number of carbonyl (C=O) groups excluding carboxylic acids is 1. The lowest BCUT2D eigenvalue weighted by Crippen LogP contribution is -2.53. The summed E-state index contributed by atoms with van der Waals surface area (Å²) in [5, 5.41) is 3.51. The van der Waals surface area contributed by atoms with Gasteiger partial charge in [-0.05, 0) is 37.6 Å². The number of allylic oxidation sites excluding steroid dienone is 1. The lowest BCUT2D eigenvalue weighted by molar-refractivity contribution is -0.124. The Kier molecular flexibility index (Phi) is 2.73. The van der Waals surface area contributed by atoms with Crippen molar-refractivity contribution in [2.75, 3.05) is 6.54 Å². The van der Waals surface area contributed by atoms with Crippen molar-refractivity contribution in [3.63, 3.8) is 0 Å². The van der Waals surface area contributed by atoms with Crippen molar-refractivity contribution in [2.45, 2.75) is 44.6 Å². The molecule has 2 rings (SSSR count). The van der Waals surface area contributed by atoms with Gasteiger partial charge in [0.25, 0.3) is 0 Å². The number of rotatable bonds is 2. The van der Waals surface area contributed by atoms with E-state index in [0.717, 1.165) is 32.2 Å². The molecule has 1 saturated heterocycles. The molecule has 1 N–H and O–H groups in total. The van der Waals surface area contributed by atoms with Crippen LogP contribution in [0.1, 0.15) is 38.5 Å². The average Bonchev–Trinajstić information content (AvgIpc) is 2.19. The van der Waals surface area contributed by atoms with Crippen molar-refractivity contribution in [3.8, 4) is 0 Å². The number of Topliss-reactive ketones (excluding diaryl/α,β-unsaturated/α-hetero) is 1. The second-order valence-electron chi connectivity index (χ2n) is 4.71. The number of hydrogen-bond acceptors (Lipinski definition) is 2. The third-order valence-electron chi connectivity index (χ3n) is 3.87. The zero-order valence-corrected chi connectivity index (χ0v) is 8.72. The van der Waals surface area contributed by atoms with Gasteiger partial charge in [-0.3, -0.25) is 4.79 Å². The van der Waals surface area contributed by atoms with Crippen LogP contribution in [0.25, 0.3) is 0 Å². The van der Waals surface area contributed by atoms with Crippen molar-refractivity contribution in [3.05, 3.63) is 12.7 Å². The van der Waals surface area contributed by atoms with Crippen LogP contribution in [0.4, 0.5) is 0 Å². The van der Waals surface area contributed by atoms with Gasteiger partial charge in [0.2, 0.25) is 0 Å². The standard InChI is InChI=1S/C12H19NO/c1-2-5-12-6-3-8-13-11(12)9-10(14)4-7-12/h2,11,13H,1,3-9H2/t11?,12-/m1/s1. The van der Waals surface area contributed by atoms with Gasteiger partial charge in [0.15, 0.2) is 0 Å². The maximum Gasteiger partial charge on any atom is 0.134 e. The normalized spacial score (nSPS) is 37.7. The molecule has 0 amide bonds. The van der Waals surface area contributed by atoms with Crippen LogP contribution in [0.15, 0.2) is 12.7 Å². The topological polar surface area (TPSA) is 29.1 Å². The van der Waals surface area contributed by atoms with Gasteiger partial charge in [-0.25, -0.2) is 0 Å². The van der Waals surface area contributed by atoms with E-state index in [1.165, 1.54) is 12.8 Å². The Bertz CT molecular complexity index is 249. The van der Waals surface area contributed by atoms with Crippen LogP contribution in [0.5, 0.6) is 0 Å². The Hall–Kier alpha value is -0.630. The van der Waals surface area contributed by atoms with E-state index in [1.54, 1.807) is 0 Å². The molecule has 1 unspecified atom stereocenters. The fourth-order valence-corrected chi connectivity index (χ4v) is 3.05. The van der Waals surface area contributed by atoms with Gasteiger partial charge in [0.05, 0.1) is 0 Å². The molecule has 2 heteroatoms. The Morgan fingerprint density at radius 1 is 1.57 bits per heavy atom. The number of hydrogen-bond donors (Lipinski definition) is 1. The lowest BCUT2D eigenvalue weighted by atomic mass is 9.64. The molecule has 2 atom stereocenters. The summed E-state index contributed by atoms with van der Waals surface area (Å²) in [7, 11) is 0. The van der Waals surface area contributed by atoms with Crippen LogP contribution < -0.4 is 5.32 Å². The second-order valence-corrected chi connectivity index (χ2v) is 4.71. The molecule has 0 aromatic heterocycles. The predicted molar refractivity (Wildman–Crippen MR) is 57.1 cm³/mol. The summed E-state index contributed by atoms with van der Waals surface area (Å²) in [6.07, 6.45) is 8.20. The van der Waals surface area contributed by atoms with Gasteiger partial charge in [-0.15, -0.1) is 6.58 Å². The van der Waals surface area contributed by atoms with E-state index in [-0.39, 0.29) is 0 Å². The van der Waals surface area contributed by atoms with Crippen molar-refractivity contribution < 1.29 is 4.79 Å². The molecular weight excluding hydrogens is 174 g/mol. The highest BCUT2D eigenvalue weighted by molar-refractivity contribution is 5.80. The summed E-state index contributed by atoms with van der Waals surface area (Å²) in [5.74, 6) is 0.434. The Morgan fingerprint density at radius 2 is 2.43 bits per heavy atom. The fourth-order valence-electron chi connectivity index (χ4n) is 3.05. The first-order valence-corrected chi connectivity index (χ1v) is 5.63. The molecule has 2 nitrogen and oxygen atoms in total. The molecule has 0 aromatic rings. The summed E-state index contributed by atoms with van der Waals surface area (Å²) in [6, 6.07) is 0.426. The minimum Gasteiger partial charge on any atom is -0.313 e. The van der Waals surface area contributed by atoms with Crippen molar-refractivity contribution in [1.29, 1.82) is 0 Å². The third kappa shape index (κ3) is 1.63. The average molecular weight is 193 g/mol. The highest BCUT2D eigenvalue weighted by atomic mass is 16.1. The van der Waals surface area contributed by atoms with Crippen LogP contribution in [0, 0.1) is 5.41 Å². The summed E-state index contributed by atoms with van der Waals surface area (Å²) in [5.41, 5.74) is 0.355. The molecule has 78 valence electrons.